The Kier molecular flexibility index (Phi) is 4.99. The molecule has 3 aromatic rings. The van der Waals surface area contributed by atoms with Crippen molar-refractivity contribution in [1.29, 1.82) is 0 Å². The Morgan fingerprint density at radius 3 is 2.42 bits per heavy atom. The van der Waals surface area contributed by atoms with Crippen LogP contribution in [0.5, 0.6) is 5.88 Å². The van der Waals surface area contributed by atoms with Crippen molar-refractivity contribution < 1.29 is 9.90 Å². The van der Waals surface area contributed by atoms with E-state index in [4.69, 9.17) is 12.2 Å². The second-order valence-corrected chi connectivity index (χ2v) is 5.54. The summed E-state index contributed by atoms with van der Waals surface area (Å²) in [7, 11) is 0. The minimum Gasteiger partial charge on any atom is -0.494 e. The van der Waals surface area contributed by atoms with Gasteiger partial charge in [0.15, 0.2) is 4.77 Å². The van der Waals surface area contributed by atoms with Gasteiger partial charge in [-0.25, -0.2) is 5.43 Å². The maximum absolute atomic E-state index is 12.3. The molecule has 0 aliphatic carbocycles. The van der Waals surface area contributed by atoms with Crippen LogP contribution in [0.3, 0.4) is 0 Å². The van der Waals surface area contributed by atoms with E-state index in [1.54, 1.807) is 30.3 Å². The van der Waals surface area contributed by atoms with Crippen molar-refractivity contribution >= 4 is 23.8 Å². The van der Waals surface area contributed by atoms with Gasteiger partial charge in [0, 0.05) is 23.5 Å². The number of hydrazone groups is 1. The molecule has 0 atom stereocenters. The highest BCUT2D eigenvalue weighted by molar-refractivity contribution is 7.71. The first kappa shape index (κ1) is 17.2. The van der Waals surface area contributed by atoms with Crippen LogP contribution in [0.4, 0.5) is 0 Å². The number of aromatic hydroxyl groups is 1. The number of hydrogen-bond donors (Lipinski definition) is 4. The number of pyridine rings is 1. The van der Waals surface area contributed by atoms with E-state index >= 15 is 0 Å². The van der Waals surface area contributed by atoms with E-state index in [1.165, 1.54) is 24.5 Å². The van der Waals surface area contributed by atoms with Crippen molar-refractivity contribution in [2.24, 2.45) is 5.10 Å². The number of nitrogens with zero attached hydrogens (tertiary/aromatic N) is 2. The summed E-state index contributed by atoms with van der Waals surface area (Å²) in [5.74, 6) is -0.930. The molecular weight excluding hydrogens is 354 g/mol. The Morgan fingerprint density at radius 1 is 1.08 bits per heavy atom. The lowest BCUT2D eigenvalue weighted by molar-refractivity contribution is 0.0954. The molecule has 1 amide bonds. The molecule has 1 aromatic carbocycles. The lowest BCUT2D eigenvalue weighted by atomic mass is 10.0. The minimum absolute atomic E-state index is 0.0236. The first-order valence-electron chi connectivity index (χ1n) is 7.45. The van der Waals surface area contributed by atoms with Crippen molar-refractivity contribution in [3.63, 3.8) is 0 Å². The van der Waals surface area contributed by atoms with E-state index < -0.39 is 17.3 Å². The van der Waals surface area contributed by atoms with Crippen LogP contribution >= 0.6 is 12.2 Å². The van der Waals surface area contributed by atoms with Gasteiger partial charge in [0.1, 0.15) is 11.3 Å². The maximum atomic E-state index is 12.3. The highest BCUT2D eigenvalue weighted by atomic mass is 32.1. The minimum atomic E-state index is -0.632. The molecule has 0 saturated heterocycles. The molecule has 8 nitrogen and oxygen atoms in total. The predicted octanol–water partition coefficient (Wildman–Crippen LogP) is 1.72. The molecule has 0 aliphatic heterocycles. The van der Waals surface area contributed by atoms with Gasteiger partial charge in [0.05, 0.1) is 0 Å². The van der Waals surface area contributed by atoms with E-state index in [9.17, 15) is 14.7 Å². The lowest BCUT2D eigenvalue weighted by Crippen LogP contribution is -2.25. The number of carbonyl (C=O) groups is 1. The summed E-state index contributed by atoms with van der Waals surface area (Å²) in [6.07, 6.45) is 2.95. The van der Waals surface area contributed by atoms with Crippen molar-refractivity contribution in [3.8, 4) is 5.88 Å². The monoisotopic (exact) mass is 367 g/mol. The molecule has 26 heavy (non-hydrogen) atoms. The van der Waals surface area contributed by atoms with Gasteiger partial charge in [-0.05, 0) is 24.4 Å². The van der Waals surface area contributed by atoms with E-state index in [-0.39, 0.29) is 16.0 Å². The van der Waals surface area contributed by atoms with Crippen LogP contribution in [0.1, 0.15) is 21.5 Å². The number of carbonyl (C=O) groups excluding carboxylic acids is 1. The first-order chi connectivity index (χ1) is 12.6. The molecule has 0 saturated carbocycles. The SMILES string of the molecule is O=C(N/N=C(\c1ccccc1)c1c(O)[nH]c(=S)[nH]c1=O)c1ccncc1. The molecule has 0 spiro atoms. The number of amides is 1. The average molecular weight is 367 g/mol. The summed E-state index contributed by atoms with van der Waals surface area (Å²) in [4.78, 5) is 33.2. The van der Waals surface area contributed by atoms with E-state index in [0.29, 0.717) is 11.1 Å². The molecule has 0 aliphatic rings. The lowest BCUT2D eigenvalue weighted by Gasteiger charge is -2.08. The molecular formula is C17H13N5O3S. The van der Waals surface area contributed by atoms with Crippen LogP contribution in [0.15, 0.2) is 64.8 Å². The molecule has 9 heteroatoms. The predicted molar refractivity (Wildman–Crippen MR) is 97.7 cm³/mol. The van der Waals surface area contributed by atoms with Gasteiger partial charge >= 0.3 is 0 Å². The average Bonchev–Trinajstić information content (AvgIpc) is 2.65. The third-order valence-electron chi connectivity index (χ3n) is 3.42. The van der Waals surface area contributed by atoms with Gasteiger partial charge in [-0.15, -0.1) is 0 Å². The fourth-order valence-corrected chi connectivity index (χ4v) is 2.42. The zero-order chi connectivity index (χ0) is 18.5. The van der Waals surface area contributed by atoms with E-state index in [1.807, 2.05) is 0 Å². The third-order valence-corrected chi connectivity index (χ3v) is 3.62. The van der Waals surface area contributed by atoms with Gasteiger partial charge in [0.25, 0.3) is 11.5 Å². The Bertz CT molecular complexity index is 1070. The van der Waals surface area contributed by atoms with Gasteiger partial charge in [-0.3, -0.25) is 19.6 Å². The van der Waals surface area contributed by atoms with Crippen molar-refractivity contribution in [3.05, 3.63) is 86.7 Å². The number of nitrogens with one attached hydrogen (secondary N) is 3. The van der Waals surface area contributed by atoms with Crippen LogP contribution in [0, 0.1) is 4.77 Å². The highest BCUT2D eigenvalue weighted by Crippen LogP contribution is 2.14. The van der Waals surface area contributed by atoms with Gasteiger partial charge in [-0.1, -0.05) is 30.3 Å². The smallest absolute Gasteiger partial charge is 0.271 e. The normalized spacial score (nSPS) is 11.2. The second-order valence-electron chi connectivity index (χ2n) is 5.14. The largest absolute Gasteiger partial charge is 0.494 e. The standard InChI is InChI=1S/C17H13N5O3S/c23-14(11-6-8-18-9-7-11)22-21-13(10-4-2-1-3-5-10)12-15(24)19-17(26)20-16(12)25/h1-9H,(H,22,23)(H3,19,20,24,25,26)/b21-13+. The number of benzene rings is 1. The third kappa shape index (κ3) is 3.73. The fourth-order valence-electron chi connectivity index (χ4n) is 2.23. The summed E-state index contributed by atoms with van der Waals surface area (Å²) in [6, 6.07) is 11.7. The summed E-state index contributed by atoms with van der Waals surface area (Å²) in [5.41, 5.74) is 2.56. The van der Waals surface area contributed by atoms with Crippen LogP contribution in [0.25, 0.3) is 0 Å². The molecule has 2 heterocycles. The van der Waals surface area contributed by atoms with E-state index in [2.05, 4.69) is 25.5 Å². The summed E-state index contributed by atoms with van der Waals surface area (Å²) >= 11 is 4.83. The summed E-state index contributed by atoms with van der Waals surface area (Å²) in [6.45, 7) is 0. The van der Waals surface area contributed by atoms with Crippen LogP contribution in [0.2, 0.25) is 0 Å². The maximum Gasteiger partial charge on any atom is 0.271 e. The van der Waals surface area contributed by atoms with Crippen LogP contribution in [-0.2, 0) is 0 Å². The van der Waals surface area contributed by atoms with Crippen molar-refractivity contribution in [1.82, 2.24) is 20.4 Å². The Balaban J connectivity index is 2.07. The quantitative estimate of drug-likeness (QED) is 0.318. The van der Waals surface area contributed by atoms with E-state index in [0.717, 1.165) is 0 Å². The molecule has 2 aromatic heterocycles. The summed E-state index contributed by atoms with van der Waals surface area (Å²) in [5, 5.41) is 14.2. The number of H-pyrrole nitrogens is 2. The molecule has 0 radical (unpaired) electrons. The number of rotatable bonds is 4. The van der Waals surface area contributed by atoms with Crippen molar-refractivity contribution in [2.45, 2.75) is 0 Å². The number of aromatic nitrogens is 3. The van der Waals surface area contributed by atoms with Gasteiger partial charge in [0.2, 0.25) is 5.88 Å². The zero-order valence-electron chi connectivity index (χ0n) is 13.3. The molecule has 0 bridgehead atoms. The highest BCUT2D eigenvalue weighted by Gasteiger charge is 2.18. The Labute approximate surface area is 152 Å². The molecule has 3 rings (SSSR count). The van der Waals surface area contributed by atoms with Crippen LogP contribution in [-0.4, -0.2) is 31.7 Å². The number of hydrogen-bond acceptors (Lipinski definition) is 6. The zero-order valence-corrected chi connectivity index (χ0v) is 14.1. The molecule has 130 valence electrons. The second kappa shape index (κ2) is 7.53. The molecule has 0 unspecified atom stereocenters. The fraction of sp³-hybridized carbons (Fsp3) is 0. The number of aromatic amines is 2. The van der Waals surface area contributed by atoms with Crippen LogP contribution < -0.4 is 11.0 Å². The first-order valence-corrected chi connectivity index (χ1v) is 7.86. The Morgan fingerprint density at radius 2 is 1.77 bits per heavy atom. The van der Waals surface area contributed by atoms with Gasteiger partial charge < -0.3 is 10.1 Å². The Hall–Kier alpha value is -3.59. The topological polar surface area (TPSA) is 123 Å². The summed E-state index contributed by atoms with van der Waals surface area (Å²) < 4.78 is -0.0236. The molecule has 4 N–H and O–H groups in total. The van der Waals surface area contributed by atoms with Crippen molar-refractivity contribution in [2.75, 3.05) is 0 Å². The molecule has 0 fully saturated rings. The van der Waals surface area contributed by atoms with Gasteiger partial charge in [-0.2, -0.15) is 5.10 Å².